The molecule has 2 aromatic heterocycles. The van der Waals surface area contributed by atoms with Crippen LogP contribution in [0.2, 0.25) is 5.15 Å². The van der Waals surface area contributed by atoms with Crippen LogP contribution in [0, 0.1) is 0 Å². The standard InChI is InChI=1S/C11H9BrClN3/c12-9-4-8(5-14-7-9)6-15-11-3-1-2-10(13)16-11/h1-5,7H,6H2,(H,15,16). The van der Waals surface area contributed by atoms with Gasteiger partial charge in [-0.25, -0.2) is 4.98 Å². The van der Waals surface area contributed by atoms with Gasteiger partial charge in [-0.3, -0.25) is 4.98 Å². The van der Waals surface area contributed by atoms with E-state index in [1.54, 1.807) is 12.3 Å². The van der Waals surface area contributed by atoms with Crippen molar-refractivity contribution in [1.29, 1.82) is 0 Å². The third kappa shape index (κ3) is 3.18. The van der Waals surface area contributed by atoms with Gasteiger partial charge >= 0.3 is 0 Å². The Balaban J connectivity index is 2.02. The number of aromatic nitrogens is 2. The van der Waals surface area contributed by atoms with Gasteiger partial charge < -0.3 is 5.32 Å². The molecular weight excluding hydrogens is 289 g/mol. The topological polar surface area (TPSA) is 37.8 Å². The predicted molar refractivity (Wildman–Crippen MR) is 68.5 cm³/mol. The van der Waals surface area contributed by atoms with E-state index in [0.29, 0.717) is 11.7 Å². The molecule has 0 saturated heterocycles. The Kier molecular flexibility index (Phi) is 3.74. The summed E-state index contributed by atoms with van der Waals surface area (Å²) < 4.78 is 0.964. The average Bonchev–Trinajstić information content (AvgIpc) is 2.27. The van der Waals surface area contributed by atoms with Crippen molar-refractivity contribution in [1.82, 2.24) is 9.97 Å². The van der Waals surface area contributed by atoms with Crippen molar-refractivity contribution in [2.45, 2.75) is 6.54 Å². The molecule has 0 aliphatic heterocycles. The van der Waals surface area contributed by atoms with E-state index in [-0.39, 0.29) is 0 Å². The summed E-state index contributed by atoms with van der Waals surface area (Å²) in [5, 5.41) is 3.66. The van der Waals surface area contributed by atoms with E-state index in [4.69, 9.17) is 11.6 Å². The van der Waals surface area contributed by atoms with Gasteiger partial charge in [-0.2, -0.15) is 0 Å². The van der Waals surface area contributed by atoms with Gasteiger partial charge in [0.15, 0.2) is 0 Å². The predicted octanol–water partition coefficient (Wildman–Crippen LogP) is 3.50. The quantitative estimate of drug-likeness (QED) is 0.881. The lowest BCUT2D eigenvalue weighted by Gasteiger charge is -2.05. The fraction of sp³-hybridized carbons (Fsp3) is 0.0909. The number of anilines is 1. The second-order valence-electron chi connectivity index (χ2n) is 3.21. The molecule has 3 nitrogen and oxygen atoms in total. The lowest BCUT2D eigenvalue weighted by Crippen LogP contribution is -2.01. The van der Waals surface area contributed by atoms with Crippen LogP contribution in [0.15, 0.2) is 41.1 Å². The largest absolute Gasteiger partial charge is 0.366 e. The van der Waals surface area contributed by atoms with Crippen molar-refractivity contribution in [2.24, 2.45) is 0 Å². The highest BCUT2D eigenvalue weighted by atomic mass is 79.9. The number of hydrogen-bond donors (Lipinski definition) is 1. The van der Waals surface area contributed by atoms with Crippen molar-refractivity contribution in [3.05, 3.63) is 51.8 Å². The van der Waals surface area contributed by atoms with Gasteiger partial charge in [0, 0.05) is 23.4 Å². The molecule has 0 saturated carbocycles. The Labute approximate surface area is 107 Å². The van der Waals surface area contributed by atoms with E-state index in [9.17, 15) is 0 Å². The fourth-order valence-electron chi connectivity index (χ4n) is 1.25. The molecule has 82 valence electrons. The van der Waals surface area contributed by atoms with E-state index in [1.165, 1.54) is 0 Å². The van der Waals surface area contributed by atoms with Crippen LogP contribution in [-0.4, -0.2) is 9.97 Å². The minimum absolute atomic E-state index is 0.484. The number of halogens is 2. The van der Waals surface area contributed by atoms with Crippen molar-refractivity contribution in [2.75, 3.05) is 5.32 Å². The summed E-state index contributed by atoms with van der Waals surface area (Å²) in [5.41, 5.74) is 1.08. The van der Waals surface area contributed by atoms with Gasteiger partial charge in [0.05, 0.1) is 0 Å². The highest BCUT2D eigenvalue weighted by molar-refractivity contribution is 9.10. The second kappa shape index (κ2) is 5.27. The highest BCUT2D eigenvalue weighted by Crippen LogP contribution is 2.13. The first-order valence-electron chi connectivity index (χ1n) is 4.70. The number of pyridine rings is 2. The zero-order valence-electron chi connectivity index (χ0n) is 8.32. The number of rotatable bonds is 3. The van der Waals surface area contributed by atoms with Crippen LogP contribution in [0.25, 0.3) is 0 Å². The van der Waals surface area contributed by atoms with Crippen LogP contribution in [0.5, 0.6) is 0 Å². The Bertz CT molecular complexity index is 445. The van der Waals surface area contributed by atoms with E-state index in [2.05, 4.69) is 31.2 Å². The molecule has 0 aliphatic carbocycles. The summed E-state index contributed by atoms with van der Waals surface area (Å²) in [6.45, 7) is 0.666. The molecule has 5 heteroatoms. The molecule has 0 spiro atoms. The maximum atomic E-state index is 5.78. The minimum Gasteiger partial charge on any atom is -0.366 e. The molecule has 0 radical (unpaired) electrons. The molecule has 2 rings (SSSR count). The highest BCUT2D eigenvalue weighted by Gasteiger charge is 1.97. The Morgan fingerprint density at radius 1 is 1.31 bits per heavy atom. The van der Waals surface area contributed by atoms with Gasteiger partial charge in [0.1, 0.15) is 11.0 Å². The Morgan fingerprint density at radius 2 is 2.19 bits per heavy atom. The minimum atomic E-state index is 0.484. The smallest absolute Gasteiger partial charge is 0.131 e. The molecule has 0 aromatic carbocycles. The molecule has 0 fully saturated rings. The molecule has 2 heterocycles. The monoisotopic (exact) mass is 297 g/mol. The van der Waals surface area contributed by atoms with E-state index in [1.807, 2.05) is 24.4 Å². The third-order valence-electron chi connectivity index (χ3n) is 1.95. The van der Waals surface area contributed by atoms with Crippen LogP contribution in [0.3, 0.4) is 0 Å². The molecule has 16 heavy (non-hydrogen) atoms. The van der Waals surface area contributed by atoms with Crippen molar-refractivity contribution < 1.29 is 0 Å². The summed E-state index contributed by atoms with van der Waals surface area (Å²) in [5.74, 6) is 0.757. The first-order valence-corrected chi connectivity index (χ1v) is 5.87. The van der Waals surface area contributed by atoms with Gasteiger partial charge in [0.2, 0.25) is 0 Å². The van der Waals surface area contributed by atoms with Crippen LogP contribution in [-0.2, 0) is 6.54 Å². The molecule has 1 N–H and O–H groups in total. The molecular formula is C11H9BrClN3. The second-order valence-corrected chi connectivity index (χ2v) is 4.51. The van der Waals surface area contributed by atoms with E-state index in [0.717, 1.165) is 15.9 Å². The lowest BCUT2D eigenvalue weighted by atomic mass is 10.3. The van der Waals surface area contributed by atoms with Crippen molar-refractivity contribution in [3.8, 4) is 0 Å². The van der Waals surface area contributed by atoms with Crippen molar-refractivity contribution >= 4 is 33.3 Å². The number of hydrogen-bond acceptors (Lipinski definition) is 3. The molecule has 0 aliphatic rings. The van der Waals surface area contributed by atoms with E-state index < -0.39 is 0 Å². The fourth-order valence-corrected chi connectivity index (χ4v) is 1.83. The van der Waals surface area contributed by atoms with Crippen LogP contribution in [0.4, 0.5) is 5.82 Å². The maximum absolute atomic E-state index is 5.78. The summed E-state index contributed by atoms with van der Waals surface area (Å²) >= 11 is 9.15. The van der Waals surface area contributed by atoms with Crippen LogP contribution >= 0.6 is 27.5 Å². The van der Waals surface area contributed by atoms with Gasteiger partial charge in [0.25, 0.3) is 0 Å². The summed E-state index contributed by atoms with van der Waals surface area (Å²) in [6.07, 6.45) is 3.56. The zero-order valence-corrected chi connectivity index (χ0v) is 10.7. The molecule has 0 unspecified atom stereocenters. The summed E-state index contributed by atoms with van der Waals surface area (Å²) in [4.78, 5) is 8.21. The number of nitrogens with one attached hydrogen (secondary N) is 1. The lowest BCUT2D eigenvalue weighted by molar-refractivity contribution is 1.08. The first-order chi connectivity index (χ1) is 7.74. The third-order valence-corrected chi connectivity index (χ3v) is 2.59. The van der Waals surface area contributed by atoms with E-state index >= 15 is 0 Å². The molecule has 0 bridgehead atoms. The summed E-state index contributed by atoms with van der Waals surface area (Å²) in [7, 11) is 0. The SMILES string of the molecule is Clc1cccc(NCc2cncc(Br)c2)n1. The van der Waals surface area contributed by atoms with Gasteiger partial charge in [-0.05, 0) is 39.7 Å². The van der Waals surface area contributed by atoms with Gasteiger partial charge in [-0.1, -0.05) is 17.7 Å². The normalized spacial score (nSPS) is 10.1. The number of nitrogens with zero attached hydrogens (tertiary/aromatic N) is 2. The Morgan fingerprint density at radius 3 is 2.94 bits per heavy atom. The van der Waals surface area contributed by atoms with Crippen molar-refractivity contribution in [3.63, 3.8) is 0 Å². The molecule has 0 amide bonds. The van der Waals surface area contributed by atoms with Crippen LogP contribution < -0.4 is 5.32 Å². The first kappa shape index (κ1) is 11.4. The van der Waals surface area contributed by atoms with Crippen LogP contribution in [0.1, 0.15) is 5.56 Å². The molecule has 2 aromatic rings. The summed E-state index contributed by atoms with van der Waals surface area (Å²) in [6, 6.07) is 7.48. The zero-order chi connectivity index (χ0) is 11.4. The maximum Gasteiger partial charge on any atom is 0.131 e. The Hall–Kier alpha value is -1.13. The molecule has 0 atom stereocenters. The van der Waals surface area contributed by atoms with Gasteiger partial charge in [-0.15, -0.1) is 0 Å². The average molecular weight is 299 g/mol.